The minimum Gasteiger partial charge on any atom is -0.508 e. The molecule has 2 aromatic carbocycles. The monoisotopic (exact) mass is 583 g/mol. The Morgan fingerprint density at radius 2 is 1.90 bits per heavy atom. The van der Waals surface area contributed by atoms with Crippen molar-refractivity contribution in [2.24, 2.45) is 11.7 Å². The Morgan fingerprint density at radius 1 is 1.15 bits per heavy atom. The number of carbonyl (C=O) groups is 1. The zero-order valence-corrected chi connectivity index (χ0v) is 22.9. The Kier molecular flexibility index (Phi) is 7.71. The number of aryl methyl sites for hydroxylation is 1. The summed E-state index contributed by atoms with van der Waals surface area (Å²) in [5.74, 6) is -0.744. The van der Waals surface area contributed by atoms with E-state index in [4.69, 9.17) is 5.73 Å². The number of phenols is 1. The van der Waals surface area contributed by atoms with Crippen molar-refractivity contribution >= 4 is 28.9 Å². The van der Waals surface area contributed by atoms with E-state index in [1.807, 2.05) is 25.1 Å². The largest absolute Gasteiger partial charge is 0.508 e. The van der Waals surface area contributed by atoms with Crippen LogP contribution < -0.4 is 10.6 Å². The van der Waals surface area contributed by atoms with E-state index in [0.29, 0.717) is 41.9 Å². The zero-order chi connectivity index (χ0) is 29.4. The summed E-state index contributed by atoms with van der Waals surface area (Å²) in [6.07, 6.45) is -0.208. The quantitative estimate of drug-likeness (QED) is 0.250. The number of nitrogens with zero attached hydrogens (tertiary/aromatic N) is 4. The molecule has 8 nitrogen and oxygen atoms in total. The van der Waals surface area contributed by atoms with Crippen molar-refractivity contribution < 1.29 is 28.2 Å². The molecule has 0 bridgehead atoms. The molecule has 0 atom stereocenters. The van der Waals surface area contributed by atoms with Crippen molar-refractivity contribution in [2.75, 3.05) is 4.90 Å². The third kappa shape index (κ3) is 6.33. The number of alkyl halides is 3. The average molecular weight is 584 g/mol. The first-order chi connectivity index (χ1) is 19.4. The van der Waals surface area contributed by atoms with Crippen LogP contribution >= 0.6 is 11.3 Å². The summed E-state index contributed by atoms with van der Waals surface area (Å²) in [5.41, 5.74) is 5.99. The Hall–Kier alpha value is -4.03. The number of hydrogen-bond acceptors (Lipinski definition) is 8. The lowest BCUT2D eigenvalue weighted by atomic mass is 9.79. The third-order valence-electron chi connectivity index (χ3n) is 7.20. The summed E-state index contributed by atoms with van der Waals surface area (Å²) in [5, 5.41) is 21.8. The first-order valence-corrected chi connectivity index (χ1v) is 13.8. The highest BCUT2D eigenvalue weighted by Crippen LogP contribution is 2.43. The topological polar surface area (TPSA) is 125 Å². The van der Waals surface area contributed by atoms with E-state index < -0.39 is 17.5 Å². The maximum Gasteiger partial charge on any atom is 0.433 e. The van der Waals surface area contributed by atoms with Crippen molar-refractivity contribution in [1.29, 1.82) is 0 Å². The highest BCUT2D eigenvalue weighted by molar-refractivity contribution is 7.15. The van der Waals surface area contributed by atoms with Crippen molar-refractivity contribution in [3.05, 3.63) is 82.8 Å². The second kappa shape index (κ2) is 11.1. The average Bonchev–Trinajstić information content (AvgIpc) is 3.43. The number of hydrogen-bond donors (Lipinski definition) is 3. The second-order valence-electron chi connectivity index (χ2n) is 10.3. The number of aliphatic hydroxyl groups is 1. The molecule has 2 heterocycles. The van der Waals surface area contributed by atoms with Crippen molar-refractivity contribution in [2.45, 2.75) is 50.9 Å². The van der Waals surface area contributed by atoms with Crippen LogP contribution in [0.5, 0.6) is 5.75 Å². The Morgan fingerprint density at radius 3 is 2.59 bits per heavy atom. The zero-order valence-electron chi connectivity index (χ0n) is 22.1. The van der Waals surface area contributed by atoms with Crippen LogP contribution in [-0.4, -0.2) is 31.1 Å². The van der Waals surface area contributed by atoms with Crippen molar-refractivity contribution in [3.63, 3.8) is 0 Å². The summed E-state index contributed by atoms with van der Waals surface area (Å²) in [6, 6.07) is 12.8. The molecule has 0 radical (unpaired) electrons. The maximum atomic E-state index is 13.5. The van der Waals surface area contributed by atoms with Crippen LogP contribution in [-0.2, 0) is 23.1 Å². The summed E-state index contributed by atoms with van der Waals surface area (Å²) in [7, 11) is 0. The molecule has 1 aliphatic carbocycles. The van der Waals surface area contributed by atoms with Crippen LogP contribution in [0.2, 0.25) is 0 Å². The molecule has 1 amide bonds. The number of carbonyl (C=O) groups excluding carboxylic acids is 1. The van der Waals surface area contributed by atoms with Gasteiger partial charge in [0.15, 0.2) is 0 Å². The maximum absolute atomic E-state index is 13.5. The summed E-state index contributed by atoms with van der Waals surface area (Å²) in [6.45, 7) is 1.96. The highest BCUT2D eigenvalue weighted by Gasteiger charge is 2.39. The predicted octanol–water partition coefficient (Wildman–Crippen LogP) is 5.83. The lowest BCUT2D eigenvalue weighted by Gasteiger charge is -2.33. The molecule has 0 saturated heterocycles. The minimum absolute atomic E-state index is 0.0253. The molecule has 12 heteroatoms. The van der Waals surface area contributed by atoms with E-state index in [2.05, 4.69) is 15.0 Å². The standard InChI is InChI=1S/C29H28F3N5O3S/c1-17-11-20(23-15-35-26(41-23)28(40)8-5-19(6-9-28)25(33)39)14-21(12-17)37(16-18-3-2-4-22(38)13-18)27-34-10-7-24(36-27)29(30,31)32/h2-4,7,10-15,19,38,40H,5-6,8-9,16H2,1H3,(H2,33,39). The number of halogens is 3. The number of rotatable bonds is 7. The Labute approximate surface area is 238 Å². The van der Waals surface area contributed by atoms with Gasteiger partial charge in [0.05, 0.1) is 11.4 Å². The van der Waals surface area contributed by atoms with E-state index in [1.165, 1.54) is 23.5 Å². The summed E-state index contributed by atoms with van der Waals surface area (Å²) >= 11 is 1.33. The van der Waals surface area contributed by atoms with Crippen LogP contribution in [0.25, 0.3) is 10.4 Å². The van der Waals surface area contributed by atoms with Crippen LogP contribution in [0.4, 0.5) is 24.8 Å². The van der Waals surface area contributed by atoms with Crippen LogP contribution in [0.15, 0.2) is 60.9 Å². The second-order valence-corrected chi connectivity index (χ2v) is 11.3. The van der Waals surface area contributed by atoms with E-state index >= 15 is 0 Å². The number of aromatic hydroxyl groups is 1. The molecule has 41 heavy (non-hydrogen) atoms. The highest BCUT2D eigenvalue weighted by atomic mass is 32.1. The van der Waals surface area contributed by atoms with Gasteiger partial charge in [0.2, 0.25) is 11.9 Å². The van der Waals surface area contributed by atoms with Gasteiger partial charge in [-0.2, -0.15) is 13.2 Å². The van der Waals surface area contributed by atoms with E-state index in [9.17, 15) is 28.2 Å². The van der Waals surface area contributed by atoms with Gasteiger partial charge in [0.25, 0.3) is 0 Å². The molecule has 4 N–H and O–H groups in total. The molecule has 5 rings (SSSR count). The van der Waals surface area contributed by atoms with Gasteiger partial charge in [-0.05, 0) is 79.6 Å². The van der Waals surface area contributed by atoms with Crippen molar-refractivity contribution in [1.82, 2.24) is 15.0 Å². The van der Waals surface area contributed by atoms with Crippen LogP contribution in [0.1, 0.15) is 47.5 Å². The van der Waals surface area contributed by atoms with E-state index in [-0.39, 0.29) is 30.1 Å². The molecule has 0 aliphatic heterocycles. The number of anilines is 2. The van der Waals surface area contributed by atoms with Gasteiger partial charge in [-0.25, -0.2) is 15.0 Å². The van der Waals surface area contributed by atoms with Gasteiger partial charge in [-0.3, -0.25) is 4.79 Å². The predicted molar refractivity (Wildman–Crippen MR) is 148 cm³/mol. The summed E-state index contributed by atoms with van der Waals surface area (Å²) in [4.78, 5) is 26.3. The van der Waals surface area contributed by atoms with Gasteiger partial charge < -0.3 is 20.8 Å². The molecule has 1 fully saturated rings. The van der Waals surface area contributed by atoms with Gasteiger partial charge >= 0.3 is 6.18 Å². The molecule has 4 aromatic rings. The number of primary amides is 1. The van der Waals surface area contributed by atoms with Crippen LogP contribution in [0.3, 0.4) is 0 Å². The molecular weight excluding hydrogens is 555 g/mol. The minimum atomic E-state index is -4.65. The van der Waals surface area contributed by atoms with Gasteiger partial charge in [-0.1, -0.05) is 18.2 Å². The van der Waals surface area contributed by atoms with E-state index in [0.717, 1.165) is 28.3 Å². The number of thiazole rings is 1. The van der Waals surface area contributed by atoms with Gasteiger partial charge in [0.1, 0.15) is 22.1 Å². The third-order valence-corrected chi connectivity index (χ3v) is 8.44. The number of aromatic nitrogens is 3. The normalized spacial score (nSPS) is 19.2. The molecular formula is C29H28F3N5O3S. The molecule has 1 aliphatic rings. The number of amides is 1. The fourth-order valence-corrected chi connectivity index (χ4v) is 6.08. The molecule has 0 spiro atoms. The van der Waals surface area contributed by atoms with E-state index in [1.54, 1.807) is 23.2 Å². The Balaban J connectivity index is 1.51. The van der Waals surface area contributed by atoms with Gasteiger partial charge in [-0.15, -0.1) is 11.3 Å². The molecule has 0 unspecified atom stereocenters. The molecule has 214 valence electrons. The lowest BCUT2D eigenvalue weighted by molar-refractivity contribution is -0.141. The fraction of sp³-hybridized carbons (Fsp3) is 0.310. The van der Waals surface area contributed by atoms with Crippen molar-refractivity contribution in [3.8, 4) is 16.2 Å². The number of phenolic OH excluding ortho intramolecular Hbond substituents is 1. The first-order valence-electron chi connectivity index (χ1n) is 13.0. The Bertz CT molecular complexity index is 1570. The lowest BCUT2D eigenvalue weighted by Crippen LogP contribution is -2.35. The molecule has 2 aromatic heterocycles. The SMILES string of the molecule is Cc1cc(-c2cnc(C3(O)CCC(C(N)=O)CC3)s2)cc(N(Cc2cccc(O)c2)c2nccc(C(F)(F)F)n2)c1. The smallest absolute Gasteiger partial charge is 0.433 e. The summed E-state index contributed by atoms with van der Waals surface area (Å²) < 4.78 is 40.6. The number of benzene rings is 2. The first kappa shape index (κ1) is 28.5. The van der Waals surface area contributed by atoms with Gasteiger partial charge in [0, 0.05) is 24.0 Å². The molecule has 1 saturated carbocycles. The van der Waals surface area contributed by atoms with Crippen LogP contribution in [0, 0.1) is 12.8 Å². The number of nitrogens with two attached hydrogens (primary N) is 1. The fourth-order valence-electron chi connectivity index (χ4n) is 5.03.